The van der Waals surface area contributed by atoms with Gasteiger partial charge < -0.3 is 4.42 Å². The third kappa shape index (κ3) is 2.91. The third-order valence-corrected chi connectivity index (χ3v) is 1.36. The summed E-state index contributed by atoms with van der Waals surface area (Å²) < 4.78 is 5.25. The van der Waals surface area contributed by atoms with Crippen LogP contribution in [0.4, 0.5) is 0 Å². The molecule has 0 amide bonds. The molecule has 0 saturated carbocycles. The Morgan fingerprint density at radius 1 is 1.31 bits per heavy atom. The van der Waals surface area contributed by atoms with Crippen molar-refractivity contribution < 1.29 is 9.21 Å². The van der Waals surface area contributed by atoms with Gasteiger partial charge >= 0.3 is 0 Å². The van der Waals surface area contributed by atoms with Crippen LogP contribution in [0.5, 0.6) is 0 Å². The zero-order valence-corrected chi connectivity index (χ0v) is 6.99. The summed E-state index contributed by atoms with van der Waals surface area (Å²) in [4.78, 5) is 16.9. The maximum absolute atomic E-state index is 9.79. The van der Waals surface area contributed by atoms with Crippen molar-refractivity contribution in [2.45, 2.75) is 13.1 Å². The number of rotatable bonds is 4. The minimum atomic E-state index is 0.224. The van der Waals surface area contributed by atoms with Crippen molar-refractivity contribution in [2.75, 3.05) is 0 Å². The molecule has 13 heavy (non-hydrogen) atoms. The maximum Gasteiger partial charge on any atom is 0.235 e. The van der Waals surface area contributed by atoms with Crippen molar-refractivity contribution in [2.24, 2.45) is 9.98 Å². The largest absolute Gasteiger partial charge is 0.462 e. The summed E-state index contributed by atoms with van der Waals surface area (Å²) >= 11 is 0. The summed E-state index contributed by atoms with van der Waals surface area (Å²) in [5.41, 5.74) is 0. The smallest absolute Gasteiger partial charge is 0.235 e. The van der Waals surface area contributed by atoms with Gasteiger partial charge in [0.05, 0.1) is 0 Å². The quantitative estimate of drug-likeness (QED) is 0.515. The van der Waals surface area contributed by atoms with Crippen molar-refractivity contribution in [3.63, 3.8) is 0 Å². The first-order valence-electron chi connectivity index (χ1n) is 3.66. The molecule has 1 rings (SSSR count). The van der Waals surface area contributed by atoms with Crippen LogP contribution in [-0.2, 0) is 17.9 Å². The van der Waals surface area contributed by atoms with E-state index in [2.05, 4.69) is 22.4 Å². The fourth-order valence-electron chi connectivity index (χ4n) is 0.836. The summed E-state index contributed by atoms with van der Waals surface area (Å²) in [7, 11) is 0. The number of furan rings is 1. The Kier molecular flexibility index (Phi) is 3.45. The van der Waals surface area contributed by atoms with Crippen LogP contribution in [0.25, 0.3) is 0 Å². The Balaban J connectivity index is 2.62. The minimum Gasteiger partial charge on any atom is -0.462 e. The van der Waals surface area contributed by atoms with Crippen LogP contribution >= 0.6 is 0 Å². The Labute approximate surface area is 75.3 Å². The van der Waals surface area contributed by atoms with Crippen LogP contribution in [0.15, 0.2) is 33.1 Å². The van der Waals surface area contributed by atoms with Gasteiger partial charge in [0.2, 0.25) is 6.08 Å². The Bertz CT molecular complexity index is 334. The normalized spacial score (nSPS) is 8.62. The van der Waals surface area contributed by atoms with E-state index in [1.807, 2.05) is 0 Å². The van der Waals surface area contributed by atoms with Gasteiger partial charge in [-0.25, -0.2) is 9.79 Å². The molecule has 4 heteroatoms. The fourth-order valence-corrected chi connectivity index (χ4v) is 0.836. The highest BCUT2D eigenvalue weighted by molar-refractivity contribution is 5.46. The van der Waals surface area contributed by atoms with Gasteiger partial charge in [0.15, 0.2) is 0 Å². The summed E-state index contributed by atoms with van der Waals surface area (Å²) in [5.74, 6) is 3.72. The molecule has 1 aromatic heterocycles. The lowest BCUT2D eigenvalue weighted by Gasteiger charge is -1.87. The van der Waals surface area contributed by atoms with E-state index in [1.54, 1.807) is 12.1 Å². The zero-order chi connectivity index (χ0) is 9.52. The Morgan fingerprint density at radius 2 is 1.92 bits per heavy atom. The second kappa shape index (κ2) is 4.88. The molecule has 0 spiro atoms. The first kappa shape index (κ1) is 9.20. The average Bonchev–Trinajstić information content (AvgIpc) is 2.59. The number of nitrogens with zero attached hydrogens (tertiary/aromatic N) is 2. The van der Waals surface area contributed by atoms with Crippen molar-refractivity contribution >= 4 is 11.9 Å². The third-order valence-electron chi connectivity index (χ3n) is 1.36. The number of hydrogen-bond donors (Lipinski definition) is 0. The van der Waals surface area contributed by atoms with Crippen molar-refractivity contribution in [3.05, 3.63) is 30.2 Å². The summed E-state index contributed by atoms with van der Waals surface area (Å²) in [6, 6.07) is 3.52. The van der Waals surface area contributed by atoms with E-state index in [9.17, 15) is 4.79 Å². The van der Waals surface area contributed by atoms with Gasteiger partial charge in [0.1, 0.15) is 24.6 Å². The highest BCUT2D eigenvalue weighted by atomic mass is 16.3. The van der Waals surface area contributed by atoms with Crippen LogP contribution in [0.1, 0.15) is 11.5 Å². The van der Waals surface area contributed by atoms with Gasteiger partial charge in [-0.05, 0) is 24.6 Å². The number of isocyanates is 1. The van der Waals surface area contributed by atoms with Gasteiger partial charge in [-0.15, -0.1) is 0 Å². The molecule has 1 aromatic rings. The van der Waals surface area contributed by atoms with Crippen molar-refractivity contribution in [1.82, 2.24) is 0 Å². The molecular weight excluding hydrogens is 168 g/mol. The van der Waals surface area contributed by atoms with Crippen LogP contribution in [0.3, 0.4) is 0 Å². The fraction of sp³-hybridized carbons (Fsp3) is 0.222. The standard InChI is InChI=1S/C9H8N2O2/c1-2-10-5-8-3-4-9(13-8)6-11-7-12/h3-4H,1,5-6H2. The van der Waals surface area contributed by atoms with E-state index < -0.39 is 0 Å². The second-order valence-corrected chi connectivity index (χ2v) is 2.25. The van der Waals surface area contributed by atoms with Gasteiger partial charge in [-0.2, -0.15) is 4.99 Å². The van der Waals surface area contributed by atoms with Gasteiger partial charge in [-0.1, -0.05) is 0 Å². The predicted octanol–water partition coefficient (Wildman–Crippen LogP) is 1.47. The average molecular weight is 176 g/mol. The topological polar surface area (TPSA) is 54.9 Å². The van der Waals surface area contributed by atoms with Crippen LogP contribution in [0.2, 0.25) is 0 Å². The lowest BCUT2D eigenvalue weighted by molar-refractivity contribution is 0.468. The van der Waals surface area contributed by atoms with E-state index in [0.717, 1.165) is 0 Å². The molecule has 66 valence electrons. The highest BCUT2D eigenvalue weighted by Gasteiger charge is 1.99. The zero-order valence-electron chi connectivity index (χ0n) is 6.99. The molecule has 1 heterocycles. The van der Waals surface area contributed by atoms with Crippen LogP contribution < -0.4 is 0 Å². The predicted molar refractivity (Wildman–Crippen MR) is 47.3 cm³/mol. The first-order valence-corrected chi connectivity index (χ1v) is 3.66. The molecule has 0 fully saturated rings. The van der Waals surface area contributed by atoms with Crippen LogP contribution in [-0.4, -0.2) is 11.9 Å². The lowest BCUT2D eigenvalue weighted by Crippen LogP contribution is -1.76. The Hall–Kier alpha value is -1.89. The van der Waals surface area contributed by atoms with E-state index in [0.29, 0.717) is 18.1 Å². The molecule has 0 saturated heterocycles. The molecule has 0 aliphatic carbocycles. The summed E-state index contributed by atoms with van der Waals surface area (Å²) in [6.07, 6.45) is 1.44. The van der Waals surface area contributed by atoms with Gasteiger partial charge in [-0.3, -0.25) is 0 Å². The highest BCUT2D eigenvalue weighted by Crippen LogP contribution is 2.09. The summed E-state index contributed by atoms with van der Waals surface area (Å²) in [5, 5.41) is 0. The van der Waals surface area contributed by atoms with E-state index in [4.69, 9.17) is 4.42 Å². The van der Waals surface area contributed by atoms with E-state index in [1.165, 1.54) is 6.08 Å². The van der Waals surface area contributed by atoms with Crippen molar-refractivity contribution in [1.29, 1.82) is 0 Å². The van der Waals surface area contributed by atoms with E-state index >= 15 is 0 Å². The Morgan fingerprint density at radius 3 is 2.46 bits per heavy atom. The maximum atomic E-state index is 9.79. The first-order chi connectivity index (χ1) is 6.36. The summed E-state index contributed by atoms with van der Waals surface area (Å²) in [6.45, 7) is 3.96. The molecule has 0 bridgehead atoms. The number of hydrogen-bond acceptors (Lipinski definition) is 4. The SMILES string of the molecule is C=C=NCc1ccc(CN=C=O)o1. The monoisotopic (exact) mass is 176 g/mol. The van der Waals surface area contributed by atoms with Crippen molar-refractivity contribution in [3.8, 4) is 0 Å². The number of carbonyl (C=O) groups excluding carboxylic acids is 1. The van der Waals surface area contributed by atoms with Gasteiger partial charge in [0, 0.05) is 0 Å². The molecule has 0 unspecified atom stereocenters. The van der Waals surface area contributed by atoms with E-state index in [-0.39, 0.29) is 6.54 Å². The number of aliphatic imine (C=N–C) groups is 2. The molecular formula is C9H8N2O2. The lowest BCUT2D eigenvalue weighted by atomic mass is 10.4. The molecule has 0 atom stereocenters. The molecule has 0 N–H and O–H groups in total. The minimum absolute atomic E-state index is 0.224. The molecule has 0 aliphatic rings. The molecule has 4 nitrogen and oxygen atoms in total. The van der Waals surface area contributed by atoms with Crippen LogP contribution in [0, 0.1) is 0 Å². The molecule has 0 aromatic carbocycles. The van der Waals surface area contributed by atoms with Gasteiger partial charge in [0.25, 0.3) is 0 Å². The molecule has 0 aliphatic heterocycles. The molecule has 0 radical (unpaired) electrons. The second-order valence-electron chi connectivity index (χ2n) is 2.25.